The number of aldehydes is 1. The first-order valence-electron chi connectivity index (χ1n) is 12.8. The first kappa shape index (κ1) is 25.8. The van der Waals surface area contributed by atoms with Gasteiger partial charge in [0, 0.05) is 36.5 Å². The van der Waals surface area contributed by atoms with E-state index in [1.54, 1.807) is 4.90 Å². The number of fused-ring (bicyclic) bond motifs is 1. The Morgan fingerprint density at radius 3 is 2.69 bits per heavy atom. The van der Waals surface area contributed by atoms with Crippen LogP contribution in [0, 0.1) is 0 Å². The molecule has 1 aliphatic rings. The maximum atomic E-state index is 12.7. The molecule has 2 aromatic heterocycles. The molecule has 4 rings (SSSR count). The molecule has 1 saturated heterocycles. The van der Waals surface area contributed by atoms with Gasteiger partial charge in [-0.3, -0.25) is 9.78 Å². The fourth-order valence-electron chi connectivity index (χ4n) is 4.73. The lowest BCUT2D eigenvalue weighted by Gasteiger charge is -2.27. The van der Waals surface area contributed by atoms with Gasteiger partial charge in [-0.05, 0) is 82.2 Å². The van der Waals surface area contributed by atoms with Crippen molar-refractivity contribution >= 4 is 23.3 Å². The Kier molecular flexibility index (Phi) is 7.73. The Bertz CT molecular complexity index is 1240. The quantitative estimate of drug-likeness (QED) is 0.380. The molecule has 36 heavy (non-hydrogen) atoms. The van der Waals surface area contributed by atoms with Gasteiger partial charge in [-0.15, -0.1) is 0 Å². The van der Waals surface area contributed by atoms with E-state index >= 15 is 0 Å². The molecule has 0 aliphatic carbocycles. The zero-order valence-corrected chi connectivity index (χ0v) is 21.9. The SMILES string of the molecule is CCc1c(CN(CC)C(=O)OC(C)(C)C)cncc1-c1ccc2c(c1)c(C=O)nn2C1CCCCO1. The van der Waals surface area contributed by atoms with E-state index in [0.29, 0.717) is 25.4 Å². The number of carbonyl (C=O) groups excluding carboxylic acids is 2. The third-order valence-corrected chi connectivity index (χ3v) is 6.48. The summed E-state index contributed by atoms with van der Waals surface area (Å²) in [5.74, 6) is 0. The van der Waals surface area contributed by atoms with Crippen molar-refractivity contribution < 1.29 is 19.1 Å². The molecular weight excluding hydrogens is 456 g/mol. The van der Waals surface area contributed by atoms with Crippen LogP contribution >= 0.6 is 0 Å². The van der Waals surface area contributed by atoms with E-state index in [0.717, 1.165) is 65.1 Å². The maximum Gasteiger partial charge on any atom is 0.410 e. The zero-order valence-electron chi connectivity index (χ0n) is 21.9. The Morgan fingerprint density at radius 2 is 2.06 bits per heavy atom. The highest BCUT2D eigenvalue weighted by Gasteiger charge is 2.24. The smallest absolute Gasteiger partial charge is 0.410 e. The second kappa shape index (κ2) is 10.8. The lowest BCUT2D eigenvalue weighted by Crippen LogP contribution is -2.36. The monoisotopic (exact) mass is 492 g/mol. The van der Waals surface area contributed by atoms with Gasteiger partial charge < -0.3 is 14.4 Å². The highest BCUT2D eigenvalue weighted by atomic mass is 16.6. The molecule has 1 aromatic carbocycles. The molecule has 1 amide bonds. The maximum absolute atomic E-state index is 12.7. The van der Waals surface area contributed by atoms with Crippen LogP contribution in [0.25, 0.3) is 22.0 Å². The fraction of sp³-hybridized carbons (Fsp3) is 0.500. The molecule has 0 bridgehead atoms. The number of rotatable bonds is 7. The Hall–Kier alpha value is -3.26. The van der Waals surface area contributed by atoms with Crippen molar-refractivity contribution in [3.8, 4) is 11.1 Å². The number of nitrogens with zero attached hydrogens (tertiary/aromatic N) is 4. The predicted molar refractivity (Wildman–Crippen MR) is 139 cm³/mol. The summed E-state index contributed by atoms with van der Waals surface area (Å²) in [4.78, 5) is 30.8. The van der Waals surface area contributed by atoms with Gasteiger partial charge in [0.1, 0.15) is 11.3 Å². The summed E-state index contributed by atoms with van der Waals surface area (Å²) in [6, 6.07) is 6.06. The van der Waals surface area contributed by atoms with E-state index in [1.165, 1.54) is 0 Å². The Morgan fingerprint density at radius 1 is 1.25 bits per heavy atom. The fourth-order valence-corrected chi connectivity index (χ4v) is 4.73. The van der Waals surface area contributed by atoms with E-state index in [-0.39, 0.29) is 12.3 Å². The molecule has 0 radical (unpaired) electrons. The highest BCUT2D eigenvalue weighted by Crippen LogP contribution is 2.33. The Balaban J connectivity index is 1.70. The van der Waals surface area contributed by atoms with Crippen LogP contribution in [0.2, 0.25) is 0 Å². The normalized spacial score (nSPS) is 16.2. The van der Waals surface area contributed by atoms with Crippen LogP contribution in [-0.4, -0.2) is 50.8 Å². The predicted octanol–water partition coefficient (Wildman–Crippen LogP) is 5.93. The molecule has 192 valence electrons. The lowest BCUT2D eigenvalue weighted by molar-refractivity contribution is -0.0367. The number of aromatic nitrogens is 3. The van der Waals surface area contributed by atoms with Crippen LogP contribution in [0.1, 0.15) is 81.7 Å². The third-order valence-electron chi connectivity index (χ3n) is 6.48. The van der Waals surface area contributed by atoms with Gasteiger partial charge in [0.2, 0.25) is 0 Å². The number of carbonyl (C=O) groups is 2. The average molecular weight is 493 g/mol. The first-order valence-corrected chi connectivity index (χ1v) is 12.8. The van der Waals surface area contributed by atoms with E-state index in [2.05, 4.69) is 17.0 Å². The summed E-state index contributed by atoms with van der Waals surface area (Å²) in [5.41, 5.74) is 4.77. The van der Waals surface area contributed by atoms with Gasteiger partial charge in [-0.1, -0.05) is 13.0 Å². The molecule has 0 N–H and O–H groups in total. The molecule has 1 fully saturated rings. The molecule has 1 unspecified atom stereocenters. The van der Waals surface area contributed by atoms with Crippen molar-refractivity contribution in [3.63, 3.8) is 0 Å². The third kappa shape index (κ3) is 5.43. The number of amides is 1. The standard InChI is InChI=1S/C28H36N4O4/c1-6-21-20(17-31(7-2)27(34)36-28(3,4)5)15-29-16-23(21)19-11-12-25-22(14-19)24(18-33)30-32(25)26-10-8-9-13-35-26/h11-12,14-16,18,26H,6-10,13,17H2,1-5H3. The van der Waals surface area contributed by atoms with Crippen LogP contribution < -0.4 is 0 Å². The molecule has 1 atom stereocenters. The van der Waals surface area contributed by atoms with E-state index < -0.39 is 5.60 Å². The van der Waals surface area contributed by atoms with Gasteiger partial charge in [0.15, 0.2) is 12.5 Å². The summed E-state index contributed by atoms with van der Waals surface area (Å²) in [6.45, 7) is 11.3. The van der Waals surface area contributed by atoms with E-state index in [4.69, 9.17) is 9.47 Å². The van der Waals surface area contributed by atoms with Crippen molar-refractivity contribution in [1.82, 2.24) is 19.7 Å². The van der Waals surface area contributed by atoms with Crippen LogP contribution in [0.15, 0.2) is 30.6 Å². The van der Waals surface area contributed by atoms with Crippen LogP contribution in [0.3, 0.4) is 0 Å². The minimum atomic E-state index is -0.559. The minimum Gasteiger partial charge on any atom is -0.444 e. The Labute approximate surface area is 212 Å². The van der Waals surface area contributed by atoms with Crippen LogP contribution in [-0.2, 0) is 22.4 Å². The van der Waals surface area contributed by atoms with Crippen molar-refractivity contribution in [2.45, 2.75) is 78.7 Å². The van der Waals surface area contributed by atoms with Gasteiger partial charge in [-0.2, -0.15) is 5.10 Å². The van der Waals surface area contributed by atoms with Gasteiger partial charge >= 0.3 is 6.09 Å². The number of hydrogen-bond acceptors (Lipinski definition) is 6. The largest absolute Gasteiger partial charge is 0.444 e. The van der Waals surface area contributed by atoms with Crippen LogP contribution in [0.4, 0.5) is 4.79 Å². The zero-order chi connectivity index (χ0) is 25.9. The molecule has 0 saturated carbocycles. The van der Waals surface area contributed by atoms with E-state index in [1.807, 2.05) is 63.0 Å². The first-order chi connectivity index (χ1) is 17.3. The second-order valence-electron chi connectivity index (χ2n) is 10.2. The molecule has 3 heterocycles. The molecule has 8 nitrogen and oxygen atoms in total. The summed E-state index contributed by atoms with van der Waals surface area (Å²) in [6.07, 6.45) is 7.77. The summed E-state index contributed by atoms with van der Waals surface area (Å²) in [5, 5.41) is 5.37. The minimum absolute atomic E-state index is 0.148. The summed E-state index contributed by atoms with van der Waals surface area (Å²) >= 11 is 0. The molecular formula is C28H36N4O4. The topological polar surface area (TPSA) is 86.6 Å². The number of hydrogen-bond donors (Lipinski definition) is 0. The number of benzene rings is 1. The molecule has 8 heteroatoms. The van der Waals surface area contributed by atoms with Gasteiger partial charge in [0.05, 0.1) is 12.1 Å². The summed E-state index contributed by atoms with van der Waals surface area (Å²) < 4.78 is 13.4. The average Bonchev–Trinajstić information content (AvgIpc) is 3.24. The number of ether oxygens (including phenoxy) is 2. The van der Waals surface area contributed by atoms with Crippen molar-refractivity contribution in [2.24, 2.45) is 0 Å². The molecule has 3 aromatic rings. The van der Waals surface area contributed by atoms with Crippen molar-refractivity contribution in [2.75, 3.05) is 13.2 Å². The molecule has 1 aliphatic heterocycles. The van der Waals surface area contributed by atoms with Gasteiger partial charge in [0.25, 0.3) is 0 Å². The molecule has 0 spiro atoms. The van der Waals surface area contributed by atoms with Gasteiger partial charge in [-0.25, -0.2) is 9.48 Å². The van der Waals surface area contributed by atoms with Crippen molar-refractivity contribution in [1.29, 1.82) is 0 Å². The number of pyridine rings is 1. The van der Waals surface area contributed by atoms with Crippen LogP contribution in [0.5, 0.6) is 0 Å². The summed E-state index contributed by atoms with van der Waals surface area (Å²) in [7, 11) is 0. The van der Waals surface area contributed by atoms with E-state index in [9.17, 15) is 9.59 Å². The highest BCUT2D eigenvalue weighted by molar-refractivity contribution is 5.97. The lowest BCUT2D eigenvalue weighted by atomic mass is 9.95. The second-order valence-corrected chi connectivity index (χ2v) is 10.2. The van der Waals surface area contributed by atoms with Crippen molar-refractivity contribution in [3.05, 3.63) is 47.4 Å².